The number of hydrogen-bond donors (Lipinski definition) is 1. The predicted molar refractivity (Wildman–Crippen MR) is 77.0 cm³/mol. The van der Waals surface area contributed by atoms with Gasteiger partial charge in [0.1, 0.15) is 12.4 Å². The fraction of sp³-hybridized carbons (Fsp3) is 0.267. The molecule has 0 aliphatic rings. The molecule has 6 nitrogen and oxygen atoms in total. The second-order valence-electron chi connectivity index (χ2n) is 4.41. The van der Waals surface area contributed by atoms with Gasteiger partial charge in [-0.25, -0.2) is 4.98 Å². The zero-order valence-electron chi connectivity index (χ0n) is 12.0. The van der Waals surface area contributed by atoms with Crippen LogP contribution >= 0.6 is 0 Å². The number of aromatic nitrogens is 2. The summed E-state index contributed by atoms with van der Waals surface area (Å²) in [5.41, 5.74) is 1.69. The van der Waals surface area contributed by atoms with Crippen LogP contribution in [0.1, 0.15) is 11.3 Å². The molecule has 2 aromatic rings. The molecule has 0 aromatic carbocycles. The van der Waals surface area contributed by atoms with Crippen LogP contribution in [0, 0.1) is 6.92 Å². The average molecular weight is 287 g/mol. The minimum absolute atomic E-state index is 0.0261. The summed E-state index contributed by atoms with van der Waals surface area (Å²) >= 11 is 0. The van der Waals surface area contributed by atoms with Crippen LogP contribution in [0.5, 0.6) is 11.6 Å². The Labute approximate surface area is 123 Å². The van der Waals surface area contributed by atoms with Crippen molar-refractivity contribution in [3.63, 3.8) is 0 Å². The average Bonchev–Trinajstić information content (AvgIpc) is 2.49. The predicted octanol–water partition coefficient (Wildman–Crippen LogP) is 1.84. The van der Waals surface area contributed by atoms with Gasteiger partial charge in [-0.2, -0.15) is 0 Å². The maximum atomic E-state index is 11.4. The third-order valence-electron chi connectivity index (χ3n) is 2.70. The lowest BCUT2D eigenvalue weighted by Gasteiger charge is -2.10. The van der Waals surface area contributed by atoms with E-state index in [2.05, 4.69) is 15.3 Å². The second kappa shape index (κ2) is 7.35. The van der Waals surface area contributed by atoms with E-state index in [0.29, 0.717) is 18.2 Å². The number of amides is 1. The van der Waals surface area contributed by atoms with Crippen molar-refractivity contribution in [2.75, 3.05) is 13.7 Å². The van der Waals surface area contributed by atoms with E-state index in [0.717, 1.165) is 11.3 Å². The van der Waals surface area contributed by atoms with Gasteiger partial charge in [0.05, 0.1) is 6.20 Å². The summed E-state index contributed by atoms with van der Waals surface area (Å²) in [4.78, 5) is 19.8. The van der Waals surface area contributed by atoms with E-state index in [-0.39, 0.29) is 12.5 Å². The third-order valence-corrected chi connectivity index (χ3v) is 2.70. The summed E-state index contributed by atoms with van der Waals surface area (Å²) < 4.78 is 10.5. The highest BCUT2D eigenvalue weighted by atomic mass is 16.5. The fourth-order valence-electron chi connectivity index (χ4n) is 1.65. The molecule has 2 heterocycles. The lowest BCUT2D eigenvalue weighted by atomic mass is 10.2. The van der Waals surface area contributed by atoms with E-state index in [4.69, 9.17) is 9.47 Å². The Hall–Kier alpha value is -2.47. The molecule has 2 rings (SSSR count). The summed E-state index contributed by atoms with van der Waals surface area (Å²) in [6.45, 7) is 2.25. The summed E-state index contributed by atoms with van der Waals surface area (Å²) in [5.74, 6) is 0.856. The van der Waals surface area contributed by atoms with Crippen molar-refractivity contribution >= 4 is 5.91 Å². The second-order valence-corrected chi connectivity index (χ2v) is 4.41. The summed E-state index contributed by atoms with van der Waals surface area (Å²) in [7, 11) is 1.47. The Balaban J connectivity index is 2.06. The van der Waals surface area contributed by atoms with E-state index in [1.165, 1.54) is 7.11 Å². The van der Waals surface area contributed by atoms with Crippen molar-refractivity contribution in [3.8, 4) is 11.6 Å². The Morgan fingerprint density at radius 3 is 2.86 bits per heavy atom. The number of carbonyl (C=O) groups excluding carboxylic acids is 1. The largest absolute Gasteiger partial charge is 0.437 e. The lowest BCUT2D eigenvalue weighted by Crippen LogP contribution is -2.26. The van der Waals surface area contributed by atoms with Crippen LogP contribution < -0.4 is 10.1 Å². The molecule has 0 saturated carbocycles. The van der Waals surface area contributed by atoms with Crippen molar-refractivity contribution in [2.45, 2.75) is 13.5 Å². The molecule has 110 valence electrons. The lowest BCUT2D eigenvalue weighted by molar-refractivity contribution is -0.124. The number of carbonyl (C=O) groups is 1. The first kappa shape index (κ1) is 14.9. The Bertz CT molecular complexity index is 599. The van der Waals surface area contributed by atoms with Gasteiger partial charge in [-0.3, -0.25) is 9.78 Å². The van der Waals surface area contributed by atoms with E-state index < -0.39 is 0 Å². The summed E-state index contributed by atoms with van der Waals surface area (Å²) in [6.07, 6.45) is 3.27. The smallest absolute Gasteiger partial charge is 0.246 e. The van der Waals surface area contributed by atoms with Crippen molar-refractivity contribution in [2.24, 2.45) is 0 Å². The number of methoxy groups -OCH3 is 1. The van der Waals surface area contributed by atoms with Gasteiger partial charge in [0, 0.05) is 31.1 Å². The number of ether oxygens (including phenoxy) is 2. The van der Waals surface area contributed by atoms with Crippen molar-refractivity contribution in [3.05, 3.63) is 47.9 Å². The molecule has 0 saturated heterocycles. The van der Waals surface area contributed by atoms with Crippen LogP contribution in [0.2, 0.25) is 0 Å². The molecule has 0 aliphatic heterocycles. The van der Waals surface area contributed by atoms with E-state index in [1.54, 1.807) is 18.5 Å². The molecule has 21 heavy (non-hydrogen) atoms. The molecule has 2 aromatic heterocycles. The van der Waals surface area contributed by atoms with Gasteiger partial charge < -0.3 is 14.8 Å². The number of nitrogens with one attached hydrogen (secondary N) is 1. The molecule has 1 amide bonds. The van der Waals surface area contributed by atoms with E-state index >= 15 is 0 Å². The number of hydrogen-bond acceptors (Lipinski definition) is 5. The van der Waals surface area contributed by atoms with Crippen molar-refractivity contribution < 1.29 is 14.3 Å². The Morgan fingerprint density at radius 2 is 2.14 bits per heavy atom. The number of pyridine rings is 2. The van der Waals surface area contributed by atoms with E-state index in [1.807, 2.05) is 25.1 Å². The SMILES string of the molecule is COCC(=O)NCc1cccnc1Oc1ccc(C)nc1. The fourth-order valence-corrected chi connectivity index (χ4v) is 1.65. The molecule has 0 bridgehead atoms. The maximum absolute atomic E-state index is 11.4. The van der Waals surface area contributed by atoms with Gasteiger partial charge in [-0.05, 0) is 25.1 Å². The van der Waals surface area contributed by atoms with Gasteiger partial charge in [0.25, 0.3) is 0 Å². The number of aryl methyl sites for hydroxylation is 1. The minimum Gasteiger partial charge on any atom is -0.437 e. The first-order valence-electron chi connectivity index (χ1n) is 6.49. The van der Waals surface area contributed by atoms with Crippen LogP contribution in [0.15, 0.2) is 36.7 Å². The van der Waals surface area contributed by atoms with Crippen LogP contribution in [0.25, 0.3) is 0 Å². The zero-order chi connectivity index (χ0) is 15.1. The van der Waals surface area contributed by atoms with Crippen molar-refractivity contribution in [1.29, 1.82) is 0 Å². The molecule has 1 N–H and O–H groups in total. The molecular formula is C15H17N3O3. The Morgan fingerprint density at radius 1 is 1.29 bits per heavy atom. The normalized spacial score (nSPS) is 10.2. The number of nitrogens with zero attached hydrogens (tertiary/aromatic N) is 2. The van der Waals surface area contributed by atoms with E-state index in [9.17, 15) is 4.79 Å². The molecule has 0 unspecified atom stereocenters. The van der Waals surface area contributed by atoms with Crippen LogP contribution in [0.3, 0.4) is 0 Å². The first-order valence-corrected chi connectivity index (χ1v) is 6.49. The standard InChI is InChI=1S/C15H17N3O3/c1-11-5-6-13(9-17-11)21-15-12(4-3-7-16-15)8-18-14(19)10-20-2/h3-7,9H,8,10H2,1-2H3,(H,18,19). The van der Waals surface area contributed by atoms with Gasteiger partial charge in [0.15, 0.2) is 0 Å². The third kappa shape index (κ3) is 4.54. The topological polar surface area (TPSA) is 73.3 Å². The molecule has 0 radical (unpaired) electrons. The van der Waals surface area contributed by atoms with Crippen LogP contribution in [-0.2, 0) is 16.1 Å². The molecule has 6 heteroatoms. The van der Waals surface area contributed by atoms with Crippen LogP contribution in [0.4, 0.5) is 0 Å². The highest BCUT2D eigenvalue weighted by molar-refractivity contribution is 5.77. The minimum atomic E-state index is -0.190. The summed E-state index contributed by atoms with van der Waals surface area (Å²) in [6, 6.07) is 7.32. The number of rotatable bonds is 6. The first-order chi connectivity index (χ1) is 10.2. The highest BCUT2D eigenvalue weighted by Crippen LogP contribution is 2.22. The zero-order valence-corrected chi connectivity index (χ0v) is 12.0. The molecule has 0 aliphatic carbocycles. The highest BCUT2D eigenvalue weighted by Gasteiger charge is 2.08. The summed E-state index contributed by atoms with van der Waals surface area (Å²) in [5, 5.41) is 2.74. The monoisotopic (exact) mass is 287 g/mol. The van der Waals surface area contributed by atoms with Crippen molar-refractivity contribution in [1.82, 2.24) is 15.3 Å². The Kier molecular flexibility index (Phi) is 5.22. The molecular weight excluding hydrogens is 270 g/mol. The van der Waals surface area contributed by atoms with Gasteiger partial charge >= 0.3 is 0 Å². The maximum Gasteiger partial charge on any atom is 0.246 e. The molecule has 0 spiro atoms. The molecule has 0 fully saturated rings. The van der Waals surface area contributed by atoms with Gasteiger partial charge in [0.2, 0.25) is 11.8 Å². The van der Waals surface area contributed by atoms with Gasteiger partial charge in [-0.1, -0.05) is 6.07 Å². The quantitative estimate of drug-likeness (QED) is 0.877. The van der Waals surface area contributed by atoms with Crippen LogP contribution in [-0.4, -0.2) is 29.6 Å². The van der Waals surface area contributed by atoms with Gasteiger partial charge in [-0.15, -0.1) is 0 Å². The molecule has 0 atom stereocenters.